The average molecular weight is 559 g/mol. The number of esters is 1. The van der Waals surface area contributed by atoms with Crippen LogP contribution in [0.1, 0.15) is 32.9 Å². The minimum atomic E-state index is -0.589. The molecule has 1 aliphatic heterocycles. The van der Waals surface area contributed by atoms with Crippen LogP contribution in [0.2, 0.25) is 5.15 Å². The lowest BCUT2D eigenvalue weighted by molar-refractivity contribution is -0.171. The van der Waals surface area contributed by atoms with Crippen molar-refractivity contribution in [2.75, 3.05) is 0 Å². The van der Waals surface area contributed by atoms with Crippen molar-refractivity contribution in [3.05, 3.63) is 52.7 Å². The molecule has 0 unspecified atom stereocenters. The van der Waals surface area contributed by atoms with Gasteiger partial charge in [-0.3, -0.25) is 14.3 Å². The fourth-order valence-electron chi connectivity index (χ4n) is 5.14. The number of hydrogen-bond donors (Lipinski definition) is 0. The molecule has 11 heteroatoms. The van der Waals surface area contributed by atoms with E-state index < -0.39 is 17.9 Å². The lowest BCUT2D eigenvalue weighted by Crippen LogP contribution is -2.54. The van der Waals surface area contributed by atoms with Gasteiger partial charge in [0.15, 0.2) is 23.1 Å². The first-order valence-electron chi connectivity index (χ1n) is 11.2. The Morgan fingerprint density at radius 2 is 2.06 bits per heavy atom. The molecule has 1 saturated carbocycles. The van der Waals surface area contributed by atoms with Gasteiger partial charge in [0, 0.05) is 47.8 Å². The fourth-order valence-corrected chi connectivity index (χ4v) is 5.67. The number of benzene rings is 1. The summed E-state index contributed by atoms with van der Waals surface area (Å²) in [5.41, 5.74) is 1.37. The van der Waals surface area contributed by atoms with E-state index in [-0.39, 0.29) is 23.1 Å². The number of ether oxygens (including phenoxy) is 3. The van der Waals surface area contributed by atoms with E-state index in [4.69, 9.17) is 25.8 Å². The Hall–Kier alpha value is -2.82. The van der Waals surface area contributed by atoms with Gasteiger partial charge in [-0.1, -0.05) is 18.5 Å². The van der Waals surface area contributed by atoms with Gasteiger partial charge in [0.25, 0.3) is 0 Å². The number of hydrogen-bond acceptors (Lipinski definition) is 8. The van der Waals surface area contributed by atoms with Crippen LogP contribution in [0, 0.1) is 5.92 Å². The van der Waals surface area contributed by atoms with Crippen molar-refractivity contribution in [1.29, 1.82) is 0 Å². The van der Waals surface area contributed by atoms with Gasteiger partial charge in [-0.25, -0.2) is 15.0 Å². The molecule has 180 valence electrons. The molecule has 1 spiro atoms. The lowest BCUT2D eigenvalue weighted by Gasteiger charge is -2.46. The highest BCUT2D eigenvalue weighted by molar-refractivity contribution is 9.10. The summed E-state index contributed by atoms with van der Waals surface area (Å²) < 4.78 is 21.3. The first kappa shape index (κ1) is 22.6. The highest BCUT2D eigenvalue weighted by Gasteiger charge is 2.62. The Labute approximate surface area is 213 Å². The Bertz CT molecular complexity index is 1460. The molecule has 4 heterocycles. The number of pyridine rings is 1. The van der Waals surface area contributed by atoms with Gasteiger partial charge in [-0.05, 0) is 34.1 Å². The lowest BCUT2D eigenvalue weighted by atomic mass is 9.69. The molecule has 0 N–H and O–H groups in total. The molecule has 35 heavy (non-hydrogen) atoms. The van der Waals surface area contributed by atoms with Gasteiger partial charge < -0.3 is 14.2 Å². The molecule has 2 aliphatic rings. The van der Waals surface area contributed by atoms with Crippen molar-refractivity contribution in [3.8, 4) is 5.75 Å². The predicted molar refractivity (Wildman–Crippen MR) is 131 cm³/mol. The zero-order valence-corrected chi connectivity index (χ0v) is 21.2. The molecule has 1 saturated heterocycles. The molecule has 0 radical (unpaired) electrons. The average Bonchev–Trinajstić information content (AvgIpc) is 3.34. The van der Waals surface area contributed by atoms with Gasteiger partial charge >= 0.3 is 5.97 Å². The van der Waals surface area contributed by atoms with Crippen LogP contribution in [0.25, 0.3) is 22.1 Å². The molecular formula is C24H21BrClN5O4. The van der Waals surface area contributed by atoms with Gasteiger partial charge in [0.1, 0.15) is 23.7 Å². The minimum Gasteiger partial charge on any atom is -0.490 e. The Morgan fingerprint density at radius 1 is 1.23 bits per heavy atom. The summed E-state index contributed by atoms with van der Waals surface area (Å²) in [5, 5.41) is 1.29. The van der Waals surface area contributed by atoms with E-state index >= 15 is 0 Å². The highest BCUT2D eigenvalue weighted by atomic mass is 79.9. The Kier molecular flexibility index (Phi) is 5.43. The van der Waals surface area contributed by atoms with Crippen LogP contribution in [0.4, 0.5) is 0 Å². The second-order valence-corrected chi connectivity index (χ2v) is 10.4. The number of halogens is 2. The zero-order valence-electron chi connectivity index (χ0n) is 18.9. The third-order valence-corrected chi connectivity index (χ3v) is 7.63. The standard InChI is InChI=1S/C24H21BrClN5O4/c1-12-20(33-13(2)32)23(31-11-30-19-21(26)28-10-29-22(19)31)35-24(12)7-17(8-24)34-16-4-3-14-5-15(25)9-27-18(14)6-16/h3-6,9-12,17,20,23H,7-8H2,1-2H3/t12-,17-,20+,23+,24-/m0/s1. The van der Waals surface area contributed by atoms with Crippen LogP contribution >= 0.6 is 27.5 Å². The fraction of sp³-hybridized carbons (Fsp3) is 0.375. The van der Waals surface area contributed by atoms with Crippen molar-refractivity contribution in [1.82, 2.24) is 24.5 Å². The molecule has 6 rings (SSSR count). The van der Waals surface area contributed by atoms with E-state index in [9.17, 15) is 4.79 Å². The monoisotopic (exact) mass is 557 g/mol. The van der Waals surface area contributed by atoms with E-state index in [1.165, 1.54) is 13.3 Å². The number of rotatable bonds is 4. The number of imidazole rings is 1. The van der Waals surface area contributed by atoms with Gasteiger partial charge in [-0.2, -0.15) is 0 Å². The van der Waals surface area contributed by atoms with Gasteiger partial charge in [0.05, 0.1) is 17.4 Å². The molecule has 3 atom stereocenters. The summed E-state index contributed by atoms with van der Waals surface area (Å²) in [7, 11) is 0. The van der Waals surface area contributed by atoms with Crippen molar-refractivity contribution in [2.24, 2.45) is 5.92 Å². The van der Waals surface area contributed by atoms with Crippen LogP contribution < -0.4 is 4.74 Å². The van der Waals surface area contributed by atoms with Crippen molar-refractivity contribution in [2.45, 2.75) is 50.7 Å². The first-order valence-corrected chi connectivity index (χ1v) is 12.4. The highest BCUT2D eigenvalue weighted by Crippen LogP contribution is 2.54. The molecule has 1 aromatic carbocycles. The third-order valence-electron chi connectivity index (χ3n) is 6.92. The molecule has 3 aromatic heterocycles. The minimum absolute atomic E-state index is 0.0293. The summed E-state index contributed by atoms with van der Waals surface area (Å²) in [5.74, 6) is 0.325. The van der Waals surface area contributed by atoms with E-state index in [0.29, 0.717) is 24.0 Å². The maximum Gasteiger partial charge on any atom is 0.303 e. The van der Waals surface area contributed by atoms with Crippen LogP contribution in [0.15, 0.2) is 47.6 Å². The third kappa shape index (κ3) is 3.84. The van der Waals surface area contributed by atoms with E-state index in [1.54, 1.807) is 17.1 Å². The van der Waals surface area contributed by atoms with Gasteiger partial charge in [-0.15, -0.1) is 0 Å². The normalized spacial score (nSPS) is 27.9. The number of nitrogens with zero attached hydrogens (tertiary/aromatic N) is 5. The maximum absolute atomic E-state index is 11.9. The number of carbonyl (C=O) groups is 1. The smallest absolute Gasteiger partial charge is 0.303 e. The van der Waals surface area contributed by atoms with Crippen molar-refractivity contribution < 1.29 is 19.0 Å². The Balaban J connectivity index is 1.24. The maximum atomic E-state index is 11.9. The molecule has 2 fully saturated rings. The number of aromatic nitrogens is 5. The molecule has 0 bridgehead atoms. The van der Waals surface area contributed by atoms with Crippen LogP contribution in [-0.2, 0) is 14.3 Å². The molecule has 0 amide bonds. The molecule has 4 aromatic rings. The summed E-state index contributed by atoms with van der Waals surface area (Å²) in [6, 6.07) is 7.91. The van der Waals surface area contributed by atoms with Crippen LogP contribution in [0.5, 0.6) is 5.75 Å². The summed E-state index contributed by atoms with van der Waals surface area (Å²) >= 11 is 9.63. The SMILES string of the molecule is CC(=O)O[C@H]1[C@H](n2cnc3c(Cl)ncnc32)O[C@]2(C[C@H](Oc3ccc4cc(Br)cnc4c3)C2)[C@H]1C. The van der Waals surface area contributed by atoms with E-state index in [0.717, 1.165) is 21.1 Å². The van der Waals surface area contributed by atoms with Crippen molar-refractivity contribution in [3.63, 3.8) is 0 Å². The summed E-state index contributed by atoms with van der Waals surface area (Å²) in [6.07, 6.45) is 4.95. The largest absolute Gasteiger partial charge is 0.490 e. The second kappa shape index (κ2) is 8.39. The van der Waals surface area contributed by atoms with Crippen LogP contribution in [-0.4, -0.2) is 48.3 Å². The zero-order chi connectivity index (χ0) is 24.3. The van der Waals surface area contributed by atoms with Crippen molar-refractivity contribution >= 4 is 55.6 Å². The van der Waals surface area contributed by atoms with Gasteiger partial charge in [0.2, 0.25) is 0 Å². The Morgan fingerprint density at radius 3 is 2.86 bits per heavy atom. The topological polar surface area (TPSA) is 101 Å². The quantitative estimate of drug-likeness (QED) is 0.258. The number of fused-ring (bicyclic) bond motifs is 2. The van der Waals surface area contributed by atoms with E-state index in [2.05, 4.69) is 35.9 Å². The second-order valence-electron chi connectivity index (χ2n) is 9.08. The molecule has 9 nitrogen and oxygen atoms in total. The summed E-state index contributed by atoms with van der Waals surface area (Å²) in [4.78, 5) is 29.1. The predicted octanol–water partition coefficient (Wildman–Crippen LogP) is 4.87. The molecule has 1 aliphatic carbocycles. The first-order chi connectivity index (χ1) is 16.8. The number of carbonyl (C=O) groups excluding carboxylic acids is 1. The summed E-state index contributed by atoms with van der Waals surface area (Å²) in [6.45, 7) is 3.45. The van der Waals surface area contributed by atoms with Crippen LogP contribution in [0.3, 0.4) is 0 Å². The van der Waals surface area contributed by atoms with E-state index in [1.807, 2.05) is 31.2 Å². The molecular weight excluding hydrogens is 538 g/mol.